The number of amides is 2. The van der Waals surface area contributed by atoms with Gasteiger partial charge in [-0.25, -0.2) is 4.98 Å². The van der Waals surface area contributed by atoms with E-state index in [2.05, 4.69) is 30.0 Å². The first-order valence-electron chi connectivity index (χ1n) is 12.9. The topological polar surface area (TPSA) is 233 Å². The fraction of sp³-hybridized carbons (Fsp3) is 0.400. The first-order chi connectivity index (χ1) is 20.4. The number of aliphatic imine (C=N–C) groups is 1. The molecule has 16 nitrogen and oxygen atoms in total. The average molecular weight is 639 g/mol. The van der Waals surface area contributed by atoms with Crippen molar-refractivity contribution < 1.29 is 36.4 Å². The Morgan fingerprint density at radius 3 is 2.58 bits per heavy atom. The zero-order chi connectivity index (χ0) is 31.6. The van der Waals surface area contributed by atoms with E-state index in [9.17, 15) is 18.0 Å². The Labute approximate surface area is 252 Å². The molecule has 0 bridgehead atoms. The Morgan fingerprint density at radius 1 is 1.28 bits per heavy atom. The van der Waals surface area contributed by atoms with E-state index in [0.29, 0.717) is 17.4 Å². The molecule has 0 saturated carbocycles. The molecule has 1 aromatic carbocycles. The van der Waals surface area contributed by atoms with Crippen LogP contribution in [0, 0.1) is 0 Å². The number of rotatable bonds is 16. The Bertz CT molecular complexity index is 1470. The number of ether oxygens (including phenoxy) is 1. The third-order valence-electron chi connectivity index (χ3n) is 5.94. The normalized spacial score (nSPS) is 17.1. The lowest BCUT2D eigenvalue weighted by atomic mass is 9.84. The van der Waals surface area contributed by atoms with Crippen molar-refractivity contribution in [3.05, 3.63) is 47.1 Å². The molecule has 0 radical (unpaired) electrons. The van der Waals surface area contributed by atoms with Crippen LogP contribution in [0.3, 0.4) is 0 Å². The third kappa shape index (κ3) is 9.19. The molecule has 1 atom stereocenters. The van der Waals surface area contributed by atoms with Gasteiger partial charge in [-0.3, -0.25) is 19.1 Å². The lowest BCUT2D eigenvalue weighted by Crippen LogP contribution is -2.76. The predicted octanol–water partition coefficient (Wildman–Crippen LogP) is 0.345. The molecule has 7 N–H and O–H groups in total. The summed E-state index contributed by atoms with van der Waals surface area (Å²) in [7, 11) is -3.26. The summed E-state index contributed by atoms with van der Waals surface area (Å²) in [6.45, 7) is 4.26. The molecule has 2 amide bonds. The molecule has 1 unspecified atom stereocenters. The van der Waals surface area contributed by atoms with Gasteiger partial charge in [0.05, 0.1) is 5.54 Å². The van der Waals surface area contributed by atoms with Gasteiger partial charge < -0.3 is 31.7 Å². The second kappa shape index (κ2) is 14.9. The van der Waals surface area contributed by atoms with Crippen molar-refractivity contribution in [1.29, 1.82) is 0 Å². The summed E-state index contributed by atoms with van der Waals surface area (Å²) in [5.41, 5.74) is 11.6. The van der Waals surface area contributed by atoms with E-state index in [1.54, 1.807) is 25.4 Å². The minimum Gasteiger partial charge on any atom is -0.490 e. The van der Waals surface area contributed by atoms with Crippen LogP contribution in [-0.2, 0) is 29.1 Å². The van der Waals surface area contributed by atoms with E-state index in [1.165, 1.54) is 19.2 Å². The van der Waals surface area contributed by atoms with Gasteiger partial charge in [-0.05, 0) is 44.5 Å². The van der Waals surface area contributed by atoms with Crippen molar-refractivity contribution in [1.82, 2.24) is 20.7 Å². The highest BCUT2D eigenvalue weighted by Gasteiger charge is 2.58. The van der Waals surface area contributed by atoms with Gasteiger partial charge in [-0.2, -0.15) is 13.5 Å². The predicted molar refractivity (Wildman–Crippen MR) is 161 cm³/mol. The van der Waals surface area contributed by atoms with Crippen LogP contribution in [-0.4, -0.2) is 91.7 Å². The summed E-state index contributed by atoms with van der Waals surface area (Å²) < 4.78 is 41.0. The van der Waals surface area contributed by atoms with Crippen molar-refractivity contribution in [3.63, 3.8) is 0 Å². The summed E-state index contributed by atoms with van der Waals surface area (Å²) in [6.07, 6.45) is 4.47. The van der Waals surface area contributed by atoms with Gasteiger partial charge in [0.25, 0.3) is 11.8 Å². The van der Waals surface area contributed by atoms with Gasteiger partial charge >= 0.3 is 10.4 Å². The van der Waals surface area contributed by atoms with Crippen molar-refractivity contribution >= 4 is 56.2 Å². The van der Waals surface area contributed by atoms with Crippen molar-refractivity contribution in [2.75, 3.05) is 39.1 Å². The number of benzene rings is 1. The van der Waals surface area contributed by atoms with E-state index >= 15 is 0 Å². The van der Waals surface area contributed by atoms with E-state index < -0.39 is 33.8 Å². The Kier molecular flexibility index (Phi) is 11.6. The molecular formula is C25H34N8O8S2. The zero-order valence-electron chi connectivity index (χ0n) is 23.7. The Hall–Kier alpha value is -4.10. The molecule has 1 aromatic heterocycles. The van der Waals surface area contributed by atoms with Crippen molar-refractivity contribution in [2.45, 2.75) is 31.8 Å². The second-order valence-corrected chi connectivity index (χ2v) is 11.4. The van der Waals surface area contributed by atoms with Gasteiger partial charge in [0, 0.05) is 37.0 Å². The zero-order valence-corrected chi connectivity index (χ0v) is 25.4. The number of allylic oxidation sites excluding steroid dienone is 1. The van der Waals surface area contributed by atoms with Crippen molar-refractivity contribution in [2.24, 2.45) is 15.9 Å². The van der Waals surface area contributed by atoms with Crippen LogP contribution < -0.4 is 26.8 Å². The van der Waals surface area contributed by atoms with E-state index in [1.807, 2.05) is 18.3 Å². The van der Waals surface area contributed by atoms with Gasteiger partial charge in [0.1, 0.15) is 24.1 Å². The summed E-state index contributed by atoms with van der Waals surface area (Å²) in [4.78, 5) is 38.9. The number of nitrogens with one attached hydrogen (secondary N) is 2. The number of hydrogen-bond donors (Lipinski definition) is 5. The number of carbonyl (C=O) groups is 2. The Morgan fingerprint density at radius 2 is 2.00 bits per heavy atom. The van der Waals surface area contributed by atoms with Crippen LogP contribution in [0.5, 0.6) is 5.75 Å². The smallest absolute Gasteiger partial charge is 0.418 e. The molecule has 234 valence electrons. The molecule has 0 aliphatic carbocycles. The number of thiazole rings is 1. The maximum atomic E-state index is 13.1. The quantitative estimate of drug-likeness (QED) is 0.0551. The third-order valence-corrected chi connectivity index (χ3v) is 6.95. The summed E-state index contributed by atoms with van der Waals surface area (Å²) in [6, 6.07) is 6.15. The van der Waals surface area contributed by atoms with Gasteiger partial charge in [0.15, 0.2) is 17.5 Å². The van der Waals surface area contributed by atoms with Crippen LogP contribution in [0.1, 0.15) is 31.5 Å². The number of hydroxylamine groups is 2. The van der Waals surface area contributed by atoms with E-state index in [4.69, 9.17) is 25.6 Å². The highest BCUT2D eigenvalue weighted by atomic mass is 32.3. The fourth-order valence-corrected chi connectivity index (χ4v) is 4.79. The van der Waals surface area contributed by atoms with Crippen LogP contribution >= 0.6 is 11.3 Å². The number of carbonyl (C=O) groups excluding carboxylic acids is 2. The number of β-lactam (4-membered cyclic amide) rings is 1. The number of hydrogen-bond acceptors (Lipinski definition) is 14. The average Bonchev–Trinajstić information content (AvgIpc) is 3.39. The summed E-state index contributed by atoms with van der Waals surface area (Å²) in [5, 5.41) is 11.7. The molecule has 3 rings (SSSR count). The summed E-state index contributed by atoms with van der Waals surface area (Å²) >= 11 is 1.06. The van der Waals surface area contributed by atoms with Gasteiger partial charge in [-0.1, -0.05) is 17.3 Å². The molecule has 0 spiro atoms. The molecule has 1 saturated heterocycles. The van der Waals surface area contributed by atoms with Gasteiger partial charge in [0.2, 0.25) is 0 Å². The lowest BCUT2D eigenvalue weighted by Gasteiger charge is -2.50. The highest BCUT2D eigenvalue weighted by molar-refractivity contribution is 7.80. The second-order valence-electron chi connectivity index (χ2n) is 9.50. The lowest BCUT2D eigenvalue weighted by molar-refractivity contribution is -0.218. The maximum absolute atomic E-state index is 13.1. The number of nitrogens with zero attached hydrogens (tertiary/aromatic N) is 4. The van der Waals surface area contributed by atoms with Crippen molar-refractivity contribution in [3.8, 4) is 5.75 Å². The number of oxime groups is 1. The molecule has 2 aromatic rings. The largest absolute Gasteiger partial charge is 0.490 e. The monoisotopic (exact) mass is 638 g/mol. The standard InChI is InChI=1S/C25H34N8O8S2/c1-25(2)21(23(35)33(25)41-43(36,37)38)31-22(34)20(19-15-42-24(27)30-19)32-40-12-11-39-18-7-5-16(6-8-18)17(13-28-3)14-29-10-4-9-26/h5-8,13-15,21,29H,4,9-12,26H2,1-3H3,(H2,27,30)(H,31,34)(H,36,37,38)/b17-14+,28-13?,32-20-. The Balaban J connectivity index is 1.60. The molecule has 43 heavy (non-hydrogen) atoms. The summed E-state index contributed by atoms with van der Waals surface area (Å²) in [5.74, 6) is -1.16. The molecule has 1 aliphatic rings. The number of anilines is 1. The molecular weight excluding hydrogens is 604 g/mol. The maximum Gasteiger partial charge on any atom is 0.418 e. The first-order valence-corrected chi connectivity index (χ1v) is 15.1. The van der Waals surface area contributed by atoms with Crippen LogP contribution in [0.15, 0.2) is 46.0 Å². The first kappa shape index (κ1) is 33.4. The van der Waals surface area contributed by atoms with Crippen LogP contribution in [0.25, 0.3) is 5.57 Å². The van der Waals surface area contributed by atoms with E-state index in [-0.39, 0.29) is 29.8 Å². The van der Waals surface area contributed by atoms with Gasteiger partial charge in [-0.15, -0.1) is 15.6 Å². The molecule has 1 fully saturated rings. The van der Waals surface area contributed by atoms with E-state index in [0.717, 1.165) is 35.4 Å². The van der Waals surface area contributed by atoms with Crippen LogP contribution in [0.4, 0.5) is 5.13 Å². The SMILES string of the molecule is CN=C/C(=C\NCCCN)c1ccc(OCCO/N=C(\C(=O)NC2C(=O)N(OS(=O)(=O)O)C2(C)C)c2csc(N)n2)cc1. The number of nitrogens with two attached hydrogens (primary N) is 2. The molecule has 2 heterocycles. The number of aromatic nitrogens is 1. The molecule has 1 aliphatic heterocycles. The minimum atomic E-state index is -4.95. The fourth-order valence-electron chi connectivity index (χ4n) is 3.79. The molecule has 18 heteroatoms. The highest BCUT2D eigenvalue weighted by Crippen LogP contribution is 2.33. The van der Waals surface area contributed by atoms with Crippen LogP contribution in [0.2, 0.25) is 0 Å². The minimum absolute atomic E-state index is 0.0410. The number of nitrogen functional groups attached to an aromatic ring is 1.